The van der Waals surface area contributed by atoms with Crippen molar-refractivity contribution in [3.05, 3.63) is 106 Å². The molecule has 0 unspecified atom stereocenters. The number of hydrogen-bond acceptors (Lipinski definition) is 10. The number of aromatic nitrogens is 1. The fraction of sp³-hybridized carbons (Fsp3) is 0.226. The molecule has 43 heavy (non-hydrogen) atoms. The summed E-state index contributed by atoms with van der Waals surface area (Å²) in [5, 5.41) is 1.91. The highest BCUT2D eigenvalue weighted by molar-refractivity contribution is 9.10. The molecule has 2 aromatic carbocycles. The van der Waals surface area contributed by atoms with Crippen LogP contribution in [-0.4, -0.2) is 43.4 Å². The second-order valence-corrected chi connectivity index (χ2v) is 11.9. The van der Waals surface area contributed by atoms with Crippen LogP contribution in [-0.2, 0) is 19.1 Å². The summed E-state index contributed by atoms with van der Waals surface area (Å²) in [7, 11) is 1.49. The Morgan fingerprint density at radius 3 is 2.51 bits per heavy atom. The van der Waals surface area contributed by atoms with E-state index in [-0.39, 0.29) is 25.4 Å². The van der Waals surface area contributed by atoms with E-state index < -0.39 is 18.0 Å². The van der Waals surface area contributed by atoms with Gasteiger partial charge >= 0.3 is 11.9 Å². The number of fused-ring (bicyclic) bond motifs is 1. The Bertz CT molecular complexity index is 1860. The third kappa shape index (κ3) is 6.36. The molecular formula is C31H27BrN2O7S2. The van der Waals surface area contributed by atoms with Gasteiger partial charge in [-0.1, -0.05) is 47.7 Å². The van der Waals surface area contributed by atoms with E-state index in [4.69, 9.17) is 23.9 Å². The van der Waals surface area contributed by atoms with E-state index in [1.807, 2.05) is 47.8 Å². The van der Waals surface area contributed by atoms with Crippen molar-refractivity contribution in [3.8, 4) is 11.5 Å². The molecule has 0 saturated carbocycles. The van der Waals surface area contributed by atoms with Crippen molar-refractivity contribution < 1.29 is 28.5 Å². The number of halogens is 1. The largest absolute Gasteiger partial charge is 0.493 e. The van der Waals surface area contributed by atoms with Gasteiger partial charge in [0, 0.05) is 10.4 Å². The Morgan fingerprint density at radius 2 is 1.84 bits per heavy atom. The van der Waals surface area contributed by atoms with Crippen LogP contribution in [0.1, 0.15) is 35.9 Å². The van der Waals surface area contributed by atoms with Crippen LogP contribution in [0.5, 0.6) is 11.5 Å². The number of methoxy groups -OCH3 is 1. The number of carbonyl (C=O) groups is 2. The Kier molecular flexibility index (Phi) is 9.59. The van der Waals surface area contributed by atoms with Gasteiger partial charge in [0.05, 0.1) is 40.6 Å². The number of rotatable bonds is 10. The van der Waals surface area contributed by atoms with Crippen LogP contribution in [0.2, 0.25) is 0 Å². The van der Waals surface area contributed by atoms with Crippen molar-refractivity contribution in [3.63, 3.8) is 0 Å². The van der Waals surface area contributed by atoms with Crippen molar-refractivity contribution in [2.24, 2.45) is 4.99 Å². The number of esters is 2. The summed E-state index contributed by atoms with van der Waals surface area (Å²) in [4.78, 5) is 45.4. The maximum absolute atomic E-state index is 14.0. The summed E-state index contributed by atoms with van der Waals surface area (Å²) in [5.74, 6) is -0.326. The molecule has 9 nitrogen and oxygen atoms in total. The summed E-state index contributed by atoms with van der Waals surface area (Å²) in [6.07, 6.45) is 1.73. The summed E-state index contributed by atoms with van der Waals surface area (Å²) in [5.41, 5.74) is 1.88. The normalized spacial score (nSPS) is 14.6. The number of carbonyl (C=O) groups excluding carboxylic acids is 2. The monoisotopic (exact) mass is 682 g/mol. The van der Waals surface area contributed by atoms with E-state index in [1.165, 1.54) is 29.8 Å². The van der Waals surface area contributed by atoms with E-state index in [9.17, 15) is 14.4 Å². The molecule has 0 amide bonds. The topological polar surface area (TPSA) is 105 Å². The predicted molar refractivity (Wildman–Crippen MR) is 168 cm³/mol. The Labute approximate surface area is 263 Å². The summed E-state index contributed by atoms with van der Waals surface area (Å²) < 4.78 is 24.1. The van der Waals surface area contributed by atoms with Crippen molar-refractivity contribution in [2.45, 2.75) is 19.9 Å². The van der Waals surface area contributed by atoms with Gasteiger partial charge in [-0.15, -0.1) is 11.3 Å². The quantitative estimate of drug-likeness (QED) is 0.223. The molecule has 5 rings (SSSR count). The molecule has 0 N–H and O–H groups in total. The van der Waals surface area contributed by atoms with Crippen molar-refractivity contribution in [2.75, 3.05) is 26.9 Å². The van der Waals surface area contributed by atoms with Crippen LogP contribution >= 0.6 is 38.6 Å². The summed E-state index contributed by atoms with van der Waals surface area (Å²) in [6.45, 7) is 3.61. The van der Waals surface area contributed by atoms with Crippen LogP contribution in [0.4, 0.5) is 0 Å². The standard InChI is InChI=1S/C31H27BrN2O7S2/c1-4-39-24(35)17-41-28-20(32)14-18(15-21(28)38-3)16-23-29(36)34-27(22-12-9-13-42-22)25(30(37)40-5-2)26(33-31(34)43-23)19-10-7-6-8-11-19/h6-16,27H,4-5,17H2,1-3H3/b23-16-/t27-/m1/s1. The minimum atomic E-state index is -0.715. The van der Waals surface area contributed by atoms with Gasteiger partial charge in [0.1, 0.15) is 6.04 Å². The highest BCUT2D eigenvalue weighted by atomic mass is 79.9. The number of hydrogen-bond donors (Lipinski definition) is 0. The minimum absolute atomic E-state index is 0.183. The van der Waals surface area contributed by atoms with E-state index >= 15 is 0 Å². The highest BCUT2D eigenvalue weighted by Gasteiger charge is 2.35. The molecule has 0 bridgehead atoms. The zero-order chi connectivity index (χ0) is 30.5. The third-order valence-corrected chi connectivity index (χ3v) is 8.87. The van der Waals surface area contributed by atoms with Gasteiger partial charge in [0.25, 0.3) is 5.56 Å². The summed E-state index contributed by atoms with van der Waals surface area (Å²) in [6, 6.07) is 15.9. The smallest absolute Gasteiger partial charge is 0.344 e. The molecule has 2 aromatic heterocycles. The number of ether oxygens (including phenoxy) is 4. The van der Waals surface area contributed by atoms with Gasteiger partial charge in [-0.3, -0.25) is 9.36 Å². The first-order valence-electron chi connectivity index (χ1n) is 13.3. The van der Waals surface area contributed by atoms with E-state index in [0.717, 1.165) is 10.4 Å². The molecular weight excluding hydrogens is 656 g/mol. The van der Waals surface area contributed by atoms with Crippen molar-refractivity contribution >= 4 is 62.3 Å². The number of thiophene rings is 1. The van der Waals surface area contributed by atoms with Gasteiger partial charge < -0.3 is 18.9 Å². The van der Waals surface area contributed by atoms with E-state index in [1.54, 1.807) is 36.6 Å². The maximum atomic E-state index is 14.0. The zero-order valence-electron chi connectivity index (χ0n) is 23.5. The van der Waals surface area contributed by atoms with Gasteiger partial charge in [0.15, 0.2) is 22.9 Å². The molecule has 0 fully saturated rings. The lowest BCUT2D eigenvalue weighted by Crippen LogP contribution is -2.39. The highest BCUT2D eigenvalue weighted by Crippen LogP contribution is 2.38. The fourth-order valence-corrected chi connectivity index (χ4v) is 7.00. The first kappa shape index (κ1) is 30.5. The van der Waals surface area contributed by atoms with Crippen molar-refractivity contribution in [1.29, 1.82) is 0 Å². The van der Waals surface area contributed by atoms with Crippen LogP contribution in [0.15, 0.2) is 79.8 Å². The average Bonchev–Trinajstić information content (AvgIpc) is 3.64. The summed E-state index contributed by atoms with van der Waals surface area (Å²) >= 11 is 6.17. The van der Waals surface area contributed by atoms with E-state index in [0.29, 0.717) is 42.1 Å². The van der Waals surface area contributed by atoms with Gasteiger partial charge in [0.2, 0.25) is 0 Å². The van der Waals surface area contributed by atoms with E-state index in [2.05, 4.69) is 15.9 Å². The molecule has 12 heteroatoms. The Balaban J connectivity index is 1.66. The number of nitrogens with zero attached hydrogens (tertiary/aromatic N) is 2. The van der Waals surface area contributed by atoms with Crippen LogP contribution < -0.4 is 24.4 Å². The van der Waals surface area contributed by atoms with Gasteiger partial charge in [-0.05, 0) is 65.0 Å². The molecule has 0 aliphatic carbocycles. The van der Waals surface area contributed by atoms with Crippen LogP contribution in [0, 0.1) is 0 Å². The zero-order valence-corrected chi connectivity index (χ0v) is 26.7. The third-order valence-electron chi connectivity index (χ3n) is 6.38. The molecule has 1 aliphatic heterocycles. The maximum Gasteiger partial charge on any atom is 0.344 e. The predicted octanol–water partition coefficient (Wildman–Crippen LogP) is 4.71. The van der Waals surface area contributed by atoms with Crippen molar-refractivity contribution in [1.82, 2.24) is 4.57 Å². The Morgan fingerprint density at radius 1 is 1.07 bits per heavy atom. The number of thiazole rings is 1. The molecule has 0 radical (unpaired) electrons. The molecule has 1 aliphatic rings. The first-order valence-corrected chi connectivity index (χ1v) is 15.8. The minimum Gasteiger partial charge on any atom is -0.493 e. The average molecular weight is 684 g/mol. The lowest BCUT2D eigenvalue weighted by atomic mass is 9.97. The molecule has 1 atom stereocenters. The molecule has 3 heterocycles. The van der Waals surface area contributed by atoms with Crippen LogP contribution in [0.3, 0.4) is 0 Å². The van der Waals surface area contributed by atoms with Gasteiger partial charge in [-0.2, -0.15) is 0 Å². The SMILES string of the molecule is CCOC(=O)COc1c(Br)cc(/C=c2\sc3n(c2=O)[C@H](c2cccs2)C(C(=O)OCC)=C(c2ccccc2)N=3)cc1OC. The van der Waals surface area contributed by atoms with Crippen LogP contribution in [0.25, 0.3) is 11.8 Å². The second-order valence-electron chi connectivity index (χ2n) is 9.07. The first-order chi connectivity index (χ1) is 20.9. The molecule has 0 saturated heterocycles. The van der Waals surface area contributed by atoms with Gasteiger partial charge in [-0.25, -0.2) is 14.6 Å². The fourth-order valence-electron chi connectivity index (χ4n) is 4.60. The second kappa shape index (κ2) is 13.5. The Hall–Kier alpha value is -4.00. The molecule has 0 spiro atoms. The lowest BCUT2D eigenvalue weighted by molar-refractivity contribution is -0.145. The lowest BCUT2D eigenvalue weighted by Gasteiger charge is -2.24. The molecule has 222 valence electrons. The number of benzene rings is 2. The molecule has 4 aromatic rings.